The van der Waals surface area contributed by atoms with Gasteiger partial charge < -0.3 is 9.30 Å². The quantitative estimate of drug-likeness (QED) is 0.203. The van der Waals surface area contributed by atoms with E-state index in [9.17, 15) is 0 Å². The van der Waals surface area contributed by atoms with Crippen LogP contribution in [0.4, 0.5) is 0 Å². The van der Waals surface area contributed by atoms with Crippen molar-refractivity contribution in [2.45, 2.75) is 20.8 Å². The molecule has 3 aromatic carbocycles. The maximum atomic E-state index is 6.22. The molecule has 0 saturated heterocycles. The fourth-order valence-corrected chi connectivity index (χ4v) is 4.37. The molecule has 3 aromatic heterocycles. The molecule has 0 bridgehead atoms. The summed E-state index contributed by atoms with van der Waals surface area (Å²) < 4.78 is 10.2. The number of hydrogen-bond acceptors (Lipinski definition) is 3. The number of benzene rings is 3. The van der Waals surface area contributed by atoms with Crippen LogP contribution in [-0.2, 0) is 21.1 Å². The first-order chi connectivity index (χ1) is 16.6. The predicted molar refractivity (Wildman–Crippen MR) is 134 cm³/mol. The maximum absolute atomic E-state index is 6.22. The number of nitrogens with zero attached hydrogens (tertiary/aromatic N) is 4. The minimum Gasteiger partial charge on any atom is -0.509 e. The van der Waals surface area contributed by atoms with Gasteiger partial charge in [-0.1, -0.05) is 29.8 Å². The van der Waals surface area contributed by atoms with Gasteiger partial charge in [-0.15, -0.1) is 35.7 Å². The second-order valence-electron chi connectivity index (χ2n) is 8.47. The second-order valence-corrected chi connectivity index (χ2v) is 8.47. The molecule has 0 aliphatic rings. The van der Waals surface area contributed by atoms with Crippen molar-refractivity contribution in [2.24, 2.45) is 0 Å². The van der Waals surface area contributed by atoms with Gasteiger partial charge in [0.15, 0.2) is 0 Å². The molecule has 0 atom stereocenters. The van der Waals surface area contributed by atoms with Gasteiger partial charge in [-0.25, -0.2) is 4.98 Å². The number of para-hydroxylation sites is 1. The minimum atomic E-state index is 0. The third-order valence-corrected chi connectivity index (χ3v) is 5.89. The first-order valence-electron chi connectivity index (χ1n) is 11.2. The van der Waals surface area contributed by atoms with Crippen LogP contribution in [-0.4, -0.2) is 19.3 Å². The SMILES string of the molecule is Cc1ccc(-n2c3[c-]c(Oc4[c-]c(-n5nc(C)cc5C)ccc4)ccc3c3ccccc32)nc1.[Pt+4]. The van der Waals surface area contributed by atoms with Gasteiger partial charge in [-0.05, 0) is 55.6 Å². The molecule has 0 N–H and O–H groups in total. The van der Waals surface area contributed by atoms with Crippen molar-refractivity contribution in [1.82, 2.24) is 19.3 Å². The number of rotatable bonds is 4. The van der Waals surface area contributed by atoms with Gasteiger partial charge in [0.1, 0.15) is 5.82 Å². The number of hydrogen-bond donors (Lipinski definition) is 0. The zero-order valence-electron chi connectivity index (χ0n) is 19.5. The van der Waals surface area contributed by atoms with E-state index in [2.05, 4.69) is 57.1 Å². The van der Waals surface area contributed by atoms with Crippen LogP contribution in [0.25, 0.3) is 33.3 Å². The molecule has 35 heavy (non-hydrogen) atoms. The summed E-state index contributed by atoms with van der Waals surface area (Å²) >= 11 is 0. The Bertz CT molecular complexity index is 1660. The van der Waals surface area contributed by atoms with Gasteiger partial charge in [0, 0.05) is 28.9 Å². The van der Waals surface area contributed by atoms with Crippen LogP contribution in [0.1, 0.15) is 17.0 Å². The smallest absolute Gasteiger partial charge is 0.509 e. The number of aryl methyl sites for hydroxylation is 3. The second kappa shape index (κ2) is 9.16. The minimum absolute atomic E-state index is 0. The Morgan fingerprint density at radius 3 is 2.40 bits per heavy atom. The molecule has 0 aliphatic carbocycles. The van der Waals surface area contributed by atoms with E-state index in [1.54, 1.807) is 0 Å². The summed E-state index contributed by atoms with van der Waals surface area (Å²) in [6.45, 7) is 6.05. The van der Waals surface area contributed by atoms with Gasteiger partial charge in [-0.2, -0.15) is 17.2 Å². The summed E-state index contributed by atoms with van der Waals surface area (Å²) in [6, 6.07) is 31.1. The molecule has 172 valence electrons. The molecule has 0 radical (unpaired) electrons. The molecule has 0 fully saturated rings. The maximum Gasteiger partial charge on any atom is 4.00 e. The van der Waals surface area contributed by atoms with Gasteiger partial charge in [0.2, 0.25) is 0 Å². The first kappa shape index (κ1) is 23.1. The summed E-state index contributed by atoms with van der Waals surface area (Å²) in [5.41, 5.74) is 5.98. The molecule has 3 heterocycles. The largest absolute Gasteiger partial charge is 4.00 e. The molecular formula is C29H22N4OPt+2. The molecule has 5 nitrogen and oxygen atoms in total. The zero-order valence-corrected chi connectivity index (χ0v) is 21.8. The van der Waals surface area contributed by atoms with E-state index in [-0.39, 0.29) is 21.1 Å². The summed E-state index contributed by atoms with van der Waals surface area (Å²) in [4.78, 5) is 4.68. The predicted octanol–water partition coefficient (Wildman–Crippen LogP) is 6.68. The molecule has 0 saturated carbocycles. The van der Waals surface area contributed by atoms with Crippen LogP contribution < -0.4 is 4.74 Å². The van der Waals surface area contributed by atoms with Crippen molar-refractivity contribution in [2.75, 3.05) is 0 Å². The summed E-state index contributed by atoms with van der Waals surface area (Å²) in [6.07, 6.45) is 1.88. The van der Waals surface area contributed by atoms with Crippen LogP contribution in [0, 0.1) is 32.9 Å². The standard InChI is InChI=1S/C29H22N4O.Pt/c1-19-11-14-29(30-18-19)32-27-10-5-4-9-25(27)26-13-12-24(17-28(26)32)34-23-8-6-7-22(16-23)33-21(3)15-20(2)31-33;/h4-15,18H,1-3H3;/q-2;+4. The molecule has 0 spiro atoms. The van der Waals surface area contributed by atoms with Gasteiger partial charge in [-0.3, -0.25) is 4.68 Å². The first-order valence-corrected chi connectivity index (χ1v) is 11.2. The van der Waals surface area contributed by atoms with Crippen molar-refractivity contribution in [1.29, 1.82) is 0 Å². The topological polar surface area (TPSA) is 44.9 Å². The van der Waals surface area contributed by atoms with Crippen LogP contribution in [0.15, 0.2) is 79.0 Å². The Morgan fingerprint density at radius 1 is 0.800 bits per heavy atom. The third kappa shape index (κ3) is 4.17. The van der Waals surface area contributed by atoms with E-state index < -0.39 is 0 Å². The Labute approximate surface area is 218 Å². The van der Waals surface area contributed by atoms with Crippen LogP contribution in [0.5, 0.6) is 11.5 Å². The Hall–Kier alpha value is -3.69. The van der Waals surface area contributed by atoms with E-state index in [4.69, 9.17) is 4.74 Å². The van der Waals surface area contributed by atoms with Gasteiger partial charge in [0.05, 0.1) is 5.69 Å². The van der Waals surface area contributed by atoms with E-state index in [0.29, 0.717) is 11.5 Å². The van der Waals surface area contributed by atoms with Crippen molar-refractivity contribution in [3.8, 4) is 23.0 Å². The summed E-state index contributed by atoms with van der Waals surface area (Å²) in [5.74, 6) is 2.07. The third-order valence-electron chi connectivity index (χ3n) is 5.89. The monoisotopic (exact) mass is 637 g/mol. The van der Waals surface area contributed by atoms with Crippen molar-refractivity contribution in [3.63, 3.8) is 0 Å². The van der Waals surface area contributed by atoms with E-state index >= 15 is 0 Å². The average Bonchev–Trinajstić information content (AvgIpc) is 3.35. The Balaban J connectivity index is 0.00000253. The summed E-state index contributed by atoms with van der Waals surface area (Å²) in [7, 11) is 0. The molecule has 0 aliphatic heterocycles. The number of ether oxygens (including phenoxy) is 1. The van der Waals surface area contributed by atoms with Crippen molar-refractivity contribution in [3.05, 3.63) is 108 Å². The molecule has 6 rings (SSSR count). The molecule has 0 amide bonds. The Kier molecular flexibility index (Phi) is 6.04. The zero-order chi connectivity index (χ0) is 23.2. The van der Waals surface area contributed by atoms with Crippen LogP contribution in [0.3, 0.4) is 0 Å². The van der Waals surface area contributed by atoms with E-state index in [0.717, 1.165) is 50.3 Å². The molecule has 0 unspecified atom stereocenters. The van der Waals surface area contributed by atoms with Crippen molar-refractivity contribution >= 4 is 21.8 Å². The molecular weight excluding hydrogens is 615 g/mol. The normalized spacial score (nSPS) is 11.1. The molecule has 6 heteroatoms. The van der Waals surface area contributed by atoms with Crippen LogP contribution in [0.2, 0.25) is 0 Å². The van der Waals surface area contributed by atoms with E-state index in [1.165, 1.54) is 0 Å². The number of pyridine rings is 1. The fourth-order valence-electron chi connectivity index (χ4n) is 4.37. The van der Waals surface area contributed by atoms with Crippen molar-refractivity contribution < 1.29 is 25.8 Å². The number of fused-ring (bicyclic) bond motifs is 3. The van der Waals surface area contributed by atoms with Crippen LogP contribution >= 0.6 is 0 Å². The van der Waals surface area contributed by atoms with E-state index in [1.807, 2.05) is 74.1 Å². The number of aromatic nitrogens is 4. The fraction of sp³-hybridized carbons (Fsp3) is 0.103. The van der Waals surface area contributed by atoms with Gasteiger partial charge >= 0.3 is 21.1 Å². The Morgan fingerprint density at radius 2 is 1.63 bits per heavy atom. The average molecular weight is 638 g/mol. The molecule has 6 aromatic rings. The summed E-state index contributed by atoms with van der Waals surface area (Å²) in [5, 5.41) is 6.81. The van der Waals surface area contributed by atoms with Gasteiger partial charge in [0.25, 0.3) is 0 Å².